The molecule has 0 unspecified atom stereocenters. The number of rotatable bonds is 9. The van der Waals surface area contributed by atoms with Crippen LogP contribution in [0.25, 0.3) is 17.3 Å². The van der Waals surface area contributed by atoms with Crippen molar-refractivity contribution in [2.24, 2.45) is 0 Å². The first-order chi connectivity index (χ1) is 17.2. The number of benzene rings is 1. The second kappa shape index (κ2) is 10.1. The minimum Gasteiger partial charge on any atom is -0.494 e. The molecule has 10 nitrogen and oxygen atoms in total. The molecular weight excluding hydrogens is 484 g/mol. The molecule has 0 radical (unpaired) electrons. The van der Waals surface area contributed by atoms with Crippen molar-refractivity contribution >= 4 is 9.84 Å². The number of hydrogen-bond acceptors (Lipinski definition) is 9. The van der Waals surface area contributed by atoms with E-state index < -0.39 is 26.9 Å². The fourth-order valence-electron chi connectivity index (χ4n) is 3.89. The van der Waals surface area contributed by atoms with Crippen LogP contribution in [0.5, 0.6) is 11.5 Å². The number of ether oxygens (including phenoxy) is 2. The third-order valence-corrected chi connectivity index (χ3v) is 7.92. The van der Waals surface area contributed by atoms with E-state index in [-0.39, 0.29) is 17.3 Å². The summed E-state index contributed by atoms with van der Waals surface area (Å²) in [5.41, 5.74) is 1.39. The van der Waals surface area contributed by atoms with Gasteiger partial charge < -0.3 is 19.0 Å². The van der Waals surface area contributed by atoms with Crippen molar-refractivity contribution in [1.29, 1.82) is 0 Å². The summed E-state index contributed by atoms with van der Waals surface area (Å²) in [5.74, 6) is 1.79. The van der Waals surface area contributed by atoms with Gasteiger partial charge in [0.1, 0.15) is 34.8 Å². The van der Waals surface area contributed by atoms with Crippen molar-refractivity contribution in [2.75, 3.05) is 14.2 Å². The standard InChI is InChI=1S/C25H28N4O6S/c1-15-8-6-9-18(26-15)24(30)17(3)36(31,32)14-22-27-28-25(21-13-12-16(2)35-21)29(22)23-19(33-4)10-7-11-20(23)34-5/h6-13,17,24,30H,14H2,1-5H3/t17-,24+/m0/s1. The van der Waals surface area contributed by atoms with E-state index in [1.54, 1.807) is 66.9 Å². The highest BCUT2D eigenvalue weighted by Gasteiger charge is 2.34. The van der Waals surface area contributed by atoms with Gasteiger partial charge in [-0.2, -0.15) is 0 Å². The highest BCUT2D eigenvalue weighted by molar-refractivity contribution is 7.91. The van der Waals surface area contributed by atoms with Gasteiger partial charge in [-0.15, -0.1) is 10.2 Å². The molecule has 4 aromatic rings. The largest absolute Gasteiger partial charge is 0.494 e. The van der Waals surface area contributed by atoms with Gasteiger partial charge in [-0.25, -0.2) is 8.42 Å². The summed E-state index contributed by atoms with van der Waals surface area (Å²) in [6, 6.07) is 13.8. The Morgan fingerprint density at radius 2 is 1.67 bits per heavy atom. The average molecular weight is 513 g/mol. The Morgan fingerprint density at radius 1 is 1.00 bits per heavy atom. The quantitative estimate of drug-likeness (QED) is 0.357. The van der Waals surface area contributed by atoms with Crippen LogP contribution in [0.2, 0.25) is 0 Å². The van der Waals surface area contributed by atoms with Gasteiger partial charge in [0.2, 0.25) is 5.82 Å². The minimum absolute atomic E-state index is 0.109. The second-order valence-corrected chi connectivity index (χ2v) is 10.7. The fraction of sp³-hybridized carbons (Fsp3) is 0.320. The van der Waals surface area contributed by atoms with Gasteiger partial charge in [0.05, 0.1) is 25.2 Å². The zero-order chi connectivity index (χ0) is 26.0. The summed E-state index contributed by atoms with van der Waals surface area (Å²) in [6.07, 6.45) is -1.32. The molecule has 0 aliphatic rings. The summed E-state index contributed by atoms with van der Waals surface area (Å²) in [5, 5.41) is 18.1. The summed E-state index contributed by atoms with van der Waals surface area (Å²) in [7, 11) is -0.926. The van der Waals surface area contributed by atoms with Gasteiger partial charge in [0.25, 0.3) is 0 Å². The molecule has 4 rings (SSSR count). The molecule has 0 aliphatic heterocycles. The van der Waals surface area contributed by atoms with Crippen molar-refractivity contribution in [3.8, 4) is 28.8 Å². The molecule has 3 aromatic heterocycles. The van der Waals surface area contributed by atoms with Crippen LogP contribution in [-0.4, -0.2) is 52.7 Å². The van der Waals surface area contributed by atoms with E-state index in [9.17, 15) is 13.5 Å². The normalized spacial score (nSPS) is 13.4. The van der Waals surface area contributed by atoms with Crippen LogP contribution in [0.15, 0.2) is 52.9 Å². The number of sulfone groups is 1. The predicted octanol–water partition coefficient (Wildman–Crippen LogP) is 3.59. The van der Waals surface area contributed by atoms with Crippen LogP contribution in [0, 0.1) is 13.8 Å². The number of hydrogen-bond donors (Lipinski definition) is 1. The van der Waals surface area contributed by atoms with Gasteiger partial charge in [-0.05, 0) is 57.2 Å². The summed E-state index contributed by atoms with van der Waals surface area (Å²) >= 11 is 0. The van der Waals surface area contributed by atoms with E-state index >= 15 is 0 Å². The number of pyridine rings is 1. The fourth-order valence-corrected chi connectivity index (χ4v) is 5.23. The summed E-state index contributed by atoms with van der Waals surface area (Å²) in [6.45, 7) is 5.02. The molecule has 0 spiro atoms. The minimum atomic E-state index is -3.93. The smallest absolute Gasteiger partial charge is 0.204 e. The third kappa shape index (κ3) is 4.84. The van der Waals surface area contributed by atoms with Gasteiger partial charge in [-0.1, -0.05) is 12.1 Å². The maximum atomic E-state index is 13.5. The Kier molecular flexibility index (Phi) is 7.14. The molecule has 0 fully saturated rings. The molecule has 36 heavy (non-hydrogen) atoms. The lowest BCUT2D eigenvalue weighted by molar-refractivity contribution is 0.171. The van der Waals surface area contributed by atoms with Crippen molar-refractivity contribution in [3.63, 3.8) is 0 Å². The molecule has 11 heteroatoms. The number of aliphatic hydroxyl groups is 1. The maximum Gasteiger partial charge on any atom is 0.204 e. The SMILES string of the molecule is COc1cccc(OC)c1-n1c(CS(=O)(=O)[C@@H](C)[C@@H](O)c2cccc(C)n2)nnc1-c1ccc(C)o1. The van der Waals surface area contributed by atoms with E-state index in [1.807, 2.05) is 0 Å². The predicted molar refractivity (Wildman–Crippen MR) is 133 cm³/mol. The highest BCUT2D eigenvalue weighted by atomic mass is 32.2. The van der Waals surface area contributed by atoms with Gasteiger partial charge in [-0.3, -0.25) is 9.55 Å². The molecule has 190 valence electrons. The lowest BCUT2D eigenvalue weighted by atomic mass is 10.1. The van der Waals surface area contributed by atoms with E-state index in [0.717, 1.165) is 0 Å². The van der Waals surface area contributed by atoms with Crippen LogP contribution < -0.4 is 9.47 Å². The number of furan rings is 1. The zero-order valence-corrected chi connectivity index (χ0v) is 21.5. The lowest BCUT2D eigenvalue weighted by Crippen LogP contribution is -2.28. The topological polar surface area (TPSA) is 130 Å². The number of nitrogens with zero attached hydrogens (tertiary/aromatic N) is 4. The number of aliphatic hydroxyl groups excluding tert-OH is 1. The molecule has 0 saturated heterocycles. The van der Waals surface area contributed by atoms with Crippen LogP contribution in [0.3, 0.4) is 0 Å². The Morgan fingerprint density at radius 3 is 2.25 bits per heavy atom. The first-order valence-corrected chi connectivity index (χ1v) is 12.9. The number of para-hydroxylation sites is 1. The van der Waals surface area contributed by atoms with Gasteiger partial charge >= 0.3 is 0 Å². The first kappa shape index (κ1) is 25.4. The maximum absolute atomic E-state index is 13.5. The highest BCUT2D eigenvalue weighted by Crippen LogP contribution is 2.37. The van der Waals surface area contributed by atoms with Crippen molar-refractivity contribution in [1.82, 2.24) is 19.7 Å². The lowest BCUT2D eigenvalue weighted by Gasteiger charge is -2.20. The summed E-state index contributed by atoms with van der Waals surface area (Å²) < 4.78 is 45.4. The zero-order valence-electron chi connectivity index (χ0n) is 20.7. The Hall–Kier alpha value is -3.70. The third-order valence-electron chi connectivity index (χ3n) is 5.87. The van der Waals surface area contributed by atoms with Gasteiger partial charge in [0.15, 0.2) is 21.4 Å². The number of aryl methyl sites for hydroxylation is 2. The van der Waals surface area contributed by atoms with Crippen LogP contribution in [0.4, 0.5) is 0 Å². The molecule has 0 aliphatic carbocycles. The molecular formula is C25H28N4O6S. The van der Waals surface area contributed by atoms with Crippen LogP contribution in [0.1, 0.15) is 36.0 Å². The van der Waals surface area contributed by atoms with Crippen LogP contribution in [-0.2, 0) is 15.6 Å². The van der Waals surface area contributed by atoms with Gasteiger partial charge in [0, 0.05) is 5.69 Å². The molecule has 1 aromatic carbocycles. The molecule has 0 bridgehead atoms. The Labute approximate surface area is 209 Å². The van der Waals surface area contributed by atoms with E-state index in [1.165, 1.54) is 21.1 Å². The molecule has 2 atom stereocenters. The average Bonchev–Trinajstić information content (AvgIpc) is 3.47. The molecule has 3 heterocycles. The van der Waals surface area contributed by atoms with E-state index in [4.69, 9.17) is 13.9 Å². The van der Waals surface area contributed by atoms with Crippen molar-refractivity contribution in [3.05, 3.63) is 71.5 Å². The first-order valence-electron chi connectivity index (χ1n) is 11.2. The Balaban J connectivity index is 1.82. The molecule has 0 amide bonds. The van der Waals surface area contributed by atoms with Crippen LogP contribution >= 0.6 is 0 Å². The molecule has 0 saturated carbocycles. The monoisotopic (exact) mass is 512 g/mol. The van der Waals surface area contributed by atoms with E-state index in [2.05, 4.69) is 15.2 Å². The number of aromatic nitrogens is 4. The van der Waals surface area contributed by atoms with Crippen molar-refractivity contribution < 1.29 is 27.4 Å². The second-order valence-electron chi connectivity index (χ2n) is 8.36. The van der Waals surface area contributed by atoms with Crippen molar-refractivity contribution in [2.45, 2.75) is 37.9 Å². The Bertz CT molecular complexity index is 1460. The molecule has 1 N–H and O–H groups in total. The van der Waals surface area contributed by atoms with E-state index in [0.29, 0.717) is 34.4 Å². The number of methoxy groups -OCH3 is 2. The summed E-state index contributed by atoms with van der Waals surface area (Å²) in [4.78, 5) is 4.28.